The van der Waals surface area contributed by atoms with E-state index in [1.54, 1.807) is 0 Å². The van der Waals surface area contributed by atoms with Crippen LogP contribution in [0.25, 0.3) is 0 Å². The van der Waals surface area contributed by atoms with Crippen molar-refractivity contribution in [1.82, 2.24) is 0 Å². The number of benzene rings is 1. The van der Waals surface area contributed by atoms with Crippen molar-refractivity contribution < 1.29 is 0 Å². The average molecular weight is 347 g/mol. The molecule has 102 valence electrons. The van der Waals surface area contributed by atoms with Crippen LogP contribution in [0, 0.1) is 18.3 Å². The molecule has 3 rings (SSSR count). The summed E-state index contributed by atoms with van der Waals surface area (Å²) in [7, 11) is 0. The second-order valence-electron chi connectivity index (χ2n) is 5.13. The Bertz CT molecular complexity index is 684. The highest BCUT2D eigenvalue weighted by Crippen LogP contribution is 2.40. The van der Waals surface area contributed by atoms with Crippen LogP contribution >= 0.6 is 27.3 Å². The maximum Gasteiger partial charge on any atom is 0.102 e. The van der Waals surface area contributed by atoms with Crippen LogP contribution in [0.15, 0.2) is 28.1 Å². The zero-order chi connectivity index (χ0) is 14.1. The molecule has 2 aromatic rings. The van der Waals surface area contributed by atoms with E-state index in [0.29, 0.717) is 6.04 Å². The predicted octanol–water partition coefficient (Wildman–Crippen LogP) is 5.18. The van der Waals surface area contributed by atoms with Gasteiger partial charge in [-0.05, 0) is 65.4 Å². The lowest BCUT2D eigenvalue weighted by atomic mass is 9.93. The Morgan fingerprint density at radius 3 is 3.10 bits per heavy atom. The van der Waals surface area contributed by atoms with E-state index in [9.17, 15) is 5.26 Å². The standard InChI is InChI=1S/C16H15BrN2S/c1-10-4-2-5-14(12(10)9-18)19-13-6-3-7-15-11(13)8-16(17)20-15/h2,4-5,8,13,19H,3,6-7H2,1H3. The Morgan fingerprint density at radius 1 is 1.45 bits per heavy atom. The summed E-state index contributed by atoms with van der Waals surface area (Å²) >= 11 is 5.41. The van der Waals surface area contributed by atoms with Crippen molar-refractivity contribution in [2.75, 3.05) is 5.32 Å². The van der Waals surface area contributed by atoms with E-state index in [-0.39, 0.29) is 0 Å². The van der Waals surface area contributed by atoms with Gasteiger partial charge in [-0.15, -0.1) is 11.3 Å². The third-order valence-corrected chi connectivity index (χ3v) is 5.51. The number of nitriles is 1. The second-order valence-corrected chi connectivity index (χ2v) is 7.64. The number of nitrogens with one attached hydrogen (secondary N) is 1. The molecule has 1 aliphatic carbocycles. The fraction of sp³-hybridized carbons (Fsp3) is 0.312. The first-order valence-corrected chi connectivity index (χ1v) is 8.34. The third kappa shape index (κ3) is 2.48. The summed E-state index contributed by atoms with van der Waals surface area (Å²) in [6, 6.07) is 10.8. The average Bonchev–Trinajstić information content (AvgIpc) is 2.80. The molecule has 1 unspecified atom stereocenters. The van der Waals surface area contributed by atoms with Crippen molar-refractivity contribution in [3.05, 3.63) is 49.6 Å². The Labute approximate surface area is 131 Å². The van der Waals surface area contributed by atoms with Gasteiger partial charge in [0.25, 0.3) is 0 Å². The largest absolute Gasteiger partial charge is 0.377 e. The van der Waals surface area contributed by atoms with E-state index >= 15 is 0 Å². The monoisotopic (exact) mass is 346 g/mol. The normalized spacial score (nSPS) is 17.4. The van der Waals surface area contributed by atoms with Crippen molar-refractivity contribution in [2.24, 2.45) is 0 Å². The van der Waals surface area contributed by atoms with Gasteiger partial charge in [-0.2, -0.15) is 5.26 Å². The summed E-state index contributed by atoms with van der Waals surface area (Å²) in [5, 5.41) is 12.9. The molecule has 20 heavy (non-hydrogen) atoms. The summed E-state index contributed by atoms with van der Waals surface area (Å²) in [4.78, 5) is 1.46. The smallest absolute Gasteiger partial charge is 0.102 e. The molecule has 0 fully saturated rings. The van der Waals surface area contributed by atoms with Crippen molar-refractivity contribution in [2.45, 2.75) is 32.2 Å². The summed E-state index contributed by atoms with van der Waals surface area (Å²) < 4.78 is 1.20. The number of halogens is 1. The summed E-state index contributed by atoms with van der Waals surface area (Å²) in [6.45, 7) is 1.98. The molecular weight excluding hydrogens is 332 g/mol. The molecule has 0 bridgehead atoms. The molecule has 1 N–H and O–H groups in total. The molecule has 1 atom stereocenters. The number of rotatable bonds is 2. The molecule has 0 aliphatic heterocycles. The zero-order valence-electron chi connectivity index (χ0n) is 11.2. The van der Waals surface area contributed by atoms with Gasteiger partial charge in [0.15, 0.2) is 0 Å². The van der Waals surface area contributed by atoms with E-state index < -0.39 is 0 Å². The molecule has 0 saturated heterocycles. The van der Waals surface area contributed by atoms with Gasteiger partial charge in [-0.25, -0.2) is 0 Å². The van der Waals surface area contributed by atoms with Gasteiger partial charge < -0.3 is 5.32 Å². The topological polar surface area (TPSA) is 35.8 Å². The van der Waals surface area contributed by atoms with Gasteiger partial charge >= 0.3 is 0 Å². The predicted molar refractivity (Wildman–Crippen MR) is 87.2 cm³/mol. The minimum absolute atomic E-state index is 0.315. The highest BCUT2D eigenvalue weighted by atomic mass is 79.9. The van der Waals surface area contributed by atoms with E-state index in [0.717, 1.165) is 23.2 Å². The molecule has 1 heterocycles. The third-order valence-electron chi connectivity index (χ3n) is 3.80. The van der Waals surface area contributed by atoms with Crippen molar-refractivity contribution in [3.63, 3.8) is 0 Å². The van der Waals surface area contributed by atoms with Crippen LogP contribution < -0.4 is 5.32 Å². The van der Waals surface area contributed by atoms with E-state index in [1.807, 2.05) is 36.5 Å². The number of hydrogen-bond donors (Lipinski definition) is 1. The molecule has 0 saturated carbocycles. The number of hydrogen-bond acceptors (Lipinski definition) is 3. The van der Waals surface area contributed by atoms with E-state index in [2.05, 4.69) is 33.4 Å². The Hall–Kier alpha value is -1.31. The maximum atomic E-state index is 9.33. The number of aryl methyl sites for hydroxylation is 2. The Balaban J connectivity index is 1.94. The molecule has 0 radical (unpaired) electrons. The highest BCUT2D eigenvalue weighted by Gasteiger charge is 2.23. The van der Waals surface area contributed by atoms with Crippen LogP contribution in [0.4, 0.5) is 5.69 Å². The molecule has 0 spiro atoms. The van der Waals surface area contributed by atoms with Crippen molar-refractivity contribution in [3.8, 4) is 6.07 Å². The van der Waals surface area contributed by atoms with Crippen LogP contribution in [-0.4, -0.2) is 0 Å². The lowest BCUT2D eigenvalue weighted by molar-refractivity contribution is 0.608. The zero-order valence-corrected chi connectivity index (χ0v) is 13.6. The van der Waals surface area contributed by atoms with Gasteiger partial charge in [0.05, 0.1) is 21.1 Å². The molecule has 4 heteroatoms. The van der Waals surface area contributed by atoms with Gasteiger partial charge in [-0.1, -0.05) is 12.1 Å². The van der Waals surface area contributed by atoms with E-state index in [4.69, 9.17) is 0 Å². The van der Waals surface area contributed by atoms with Crippen LogP contribution in [0.1, 0.15) is 40.5 Å². The first-order chi connectivity index (χ1) is 9.69. The van der Waals surface area contributed by atoms with Crippen LogP contribution in [-0.2, 0) is 6.42 Å². The quantitative estimate of drug-likeness (QED) is 0.812. The molecule has 2 nitrogen and oxygen atoms in total. The Kier molecular flexibility index (Phi) is 3.82. The maximum absolute atomic E-state index is 9.33. The summed E-state index contributed by atoms with van der Waals surface area (Å²) in [5.74, 6) is 0. The number of nitrogens with zero attached hydrogens (tertiary/aromatic N) is 1. The lowest BCUT2D eigenvalue weighted by Gasteiger charge is -2.25. The summed E-state index contributed by atoms with van der Waals surface area (Å²) in [6.07, 6.45) is 3.49. The highest BCUT2D eigenvalue weighted by molar-refractivity contribution is 9.11. The van der Waals surface area contributed by atoms with Gasteiger partial charge in [0, 0.05) is 4.88 Å². The molecular formula is C16H15BrN2S. The van der Waals surface area contributed by atoms with Crippen LogP contribution in [0.2, 0.25) is 0 Å². The number of fused-ring (bicyclic) bond motifs is 1. The van der Waals surface area contributed by atoms with Crippen LogP contribution in [0.3, 0.4) is 0 Å². The minimum Gasteiger partial charge on any atom is -0.377 e. The van der Waals surface area contributed by atoms with Gasteiger partial charge in [-0.3, -0.25) is 0 Å². The fourth-order valence-corrected chi connectivity index (χ4v) is 4.61. The minimum atomic E-state index is 0.315. The van der Waals surface area contributed by atoms with Crippen molar-refractivity contribution in [1.29, 1.82) is 5.26 Å². The molecule has 0 amide bonds. The summed E-state index contributed by atoms with van der Waals surface area (Å²) in [5.41, 5.74) is 4.13. The number of thiophene rings is 1. The lowest BCUT2D eigenvalue weighted by Crippen LogP contribution is -2.16. The first kappa shape index (κ1) is 13.7. The van der Waals surface area contributed by atoms with Crippen LogP contribution in [0.5, 0.6) is 0 Å². The molecule has 1 aromatic carbocycles. The Morgan fingerprint density at radius 2 is 2.30 bits per heavy atom. The molecule has 1 aliphatic rings. The van der Waals surface area contributed by atoms with Crippen molar-refractivity contribution >= 4 is 33.0 Å². The van der Waals surface area contributed by atoms with E-state index in [1.165, 1.54) is 27.1 Å². The number of anilines is 1. The first-order valence-electron chi connectivity index (χ1n) is 6.73. The second kappa shape index (κ2) is 5.59. The fourth-order valence-electron chi connectivity index (χ4n) is 2.80. The van der Waals surface area contributed by atoms with Gasteiger partial charge in [0.2, 0.25) is 0 Å². The van der Waals surface area contributed by atoms with Gasteiger partial charge in [0.1, 0.15) is 6.07 Å². The molecule has 1 aromatic heterocycles. The SMILES string of the molecule is Cc1cccc(NC2CCCc3sc(Br)cc32)c1C#N.